The van der Waals surface area contributed by atoms with Gasteiger partial charge in [0.25, 0.3) is 5.91 Å². The van der Waals surface area contributed by atoms with E-state index in [2.05, 4.69) is 0 Å². The highest BCUT2D eigenvalue weighted by Gasteiger charge is 2.50. The standard InChI is InChI=1S/C19H27NO5/c1-14-2-3-17(25-14)18(21)20-12-19(13-20)10-16(6-9-24-19)23-11-15-4-7-22-8-5-15/h2-3,15-16H,4-13H2,1H3/t16-/m0/s1. The fraction of sp³-hybridized carbons (Fsp3) is 0.737. The maximum absolute atomic E-state index is 12.4. The molecule has 0 aliphatic carbocycles. The van der Waals surface area contributed by atoms with Crippen molar-refractivity contribution in [1.29, 1.82) is 0 Å². The number of furan rings is 1. The fourth-order valence-electron chi connectivity index (χ4n) is 4.03. The van der Waals surface area contributed by atoms with E-state index in [0.717, 1.165) is 51.3 Å². The normalized spacial score (nSPS) is 26.6. The molecule has 3 aliphatic rings. The second-order valence-electron chi connectivity index (χ2n) is 7.61. The average molecular weight is 349 g/mol. The predicted molar refractivity (Wildman–Crippen MR) is 90.5 cm³/mol. The molecule has 3 saturated heterocycles. The van der Waals surface area contributed by atoms with E-state index in [4.69, 9.17) is 18.6 Å². The van der Waals surface area contributed by atoms with Crippen molar-refractivity contribution in [3.8, 4) is 0 Å². The van der Waals surface area contributed by atoms with Gasteiger partial charge in [-0.15, -0.1) is 0 Å². The first-order valence-electron chi connectivity index (χ1n) is 9.33. The van der Waals surface area contributed by atoms with Gasteiger partial charge in [-0.25, -0.2) is 0 Å². The van der Waals surface area contributed by atoms with Crippen molar-refractivity contribution in [3.63, 3.8) is 0 Å². The zero-order valence-corrected chi connectivity index (χ0v) is 14.9. The van der Waals surface area contributed by atoms with Crippen LogP contribution in [-0.2, 0) is 14.2 Å². The average Bonchev–Trinajstić information content (AvgIpc) is 3.05. The molecule has 1 aromatic heterocycles. The maximum atomic E-state index is 12.4. The predicted octanol–water partition coefficient (Wildman–Crippen LogP) is 2.40. The van der Waals surface area contributed by atoms with Gasteiger partial charge in [0.15, 0.2) is 5.76 Å². The minimum Gasteiger partial charge on any atom is -0.456 e. The summed E-state index contributed by atoms with van der Waals surface area (Å²) in [6, 6.07) is 3.56. The topological polar surface area (TPSA) is 61.1 Å². The summed E-state index contributed by atoms with van der Waals surface area (Å²) in [5.41, 5.74) is -0.226. The number of nitrogens with zero attached hydrogens (tertiary/aromatic N) is 1. The molecule has 1 spiro atoms. The van der Waals surface area contributed by atoms with Crippen LogP contribution < -0.4 is 0 Å². The summed E-state index contributed by atoms with van der Waals surface area (Å²) >= 11 is 0. The van der Waals surface area contributed by atoms with Crippen LogP contribution in [0.3, 0.4) is 0 Å². The molecule has 1 aromatic rings. The van der Waals surface area contributed by atoms with Gasteiger partial charge in [-0.1, -0.05) is 0 Å². The summed E-state index contributed by atoms with van der Waals surface area (Å²) in [5.74, 6) is 1.74. The first kappa shape index (κ1) is 17.1. The molecule has 3 fully saturated rings. The van der Waals surface area contributed by atoms with Gasteiger partial charge >= 0.3 is 0 Å². The van der Waals surface area contributed by atoms with Crippen molar-refractivity contribution in [2.75, 3.05) is 39.5 Å². The van der Waals surface area contributed by atoms with Crippen molar-refractivity contribution >= 4 is 5.91 Å². The summed E-state index contributed by atoms with van der Waals surface area (Å²) in [5, 5.41) is 0. The Kier molecular flexibility index (Phi) is 4.84. The molecule has 1 amide bonds. The van der Waals surface area contributed by atoms with E-state index in [9.17, 15) is 4.79 Å². The Balaban J connectivity index is 1.26. The minimum atomic E-state index is -0.226. The number of amides is 1. The van der Waals surface area contributed by atoms with Gasteiger partial charge < -0.3 is 23.5 Å². The van der Waals surface area contributed by atoms with E-state index >= 15 is 0 Å². The summed E-state index contributed by atoms with van der Waals surface area (Å²) in [7, 11) is 0. The van der Waals surface area contributed by atoms with E-state index in [-0.39, 0.29) is 17.6 Å². The molecule has 0 N–H and O–H groups in total. The van der Waals surface area contributed by atoms with E-state index in [1.54, 1.807) is 11.0 Å². The van der Waals surface area contributed by atoms with Gasteiger partial charge in [0.1, 0.15) is 11.4 Å². The van der Waals surface area contributed by atoms with E-state index in [1.165, 1.54) is 0 Å². The maximum Gasteiger partial charge on any atom is 0.289 e. The fourth-order valence-corrected chi connectivity index (χ4v) is 4.03. The highest BCUT2D eigenvalue weighted by molar-refractivity contribution is 5.92. The first-order chi connectivity index (χ1) is 12.1. The van der Waals surface area contributed by atoms with Crippen LogP contribution in [0, 0.1) is 12.8 Å². The molecule has 1 atom stereocenters. The molecular weight excluding hydrogens is 322 g/mol. The number of likely N-dealkylation sites (tertiary alicyclic amines) is 1. The van der Waals surface area contributed by atoms with Crippen molar-refractivity contribution in [3.05, 3.63) is 23.7 Å². The molecule has 6 nitrogen and oxygen atoms in total. The number of hydrogen-bond acceptors (Lipinski definition) is 5. The number of ether oxygens (including phenoxy) is 3. The number of hydrogen-bond donors (Lipinski definition) is 0. The Morgan fingerprint density at radius 2 is 2.04 bits per heavy atom. The summed E-state index contributed by atoms with van der Waals surface area (Å²) in [6.45, 7) is 6.34. The van der Waals surface area contributed by atoms with Crippen LogP contribution in [0.5, 0.6) is 0 Å². The second-order valence-corrected chi connectivity index (χ2v) is 7.61. The van der Waals surface area contributed by atoms with Crippen molar-refractivity contribution in [1.82, 2.24) is 4.90 Å². The van der Waals surface area contributed by atoms with Crippen LogP contribution in [0.15, 0.2) is 16.5 Å². The molecule has 4 rings (SSSR count). The van der Waals surface area contributed by atoms with Crippen LogP contribution in [0.4, 0.5) is 0 Å². The molecule has 0 radical (unpaired) electrons. The Bertz CT molecular complexity index is 601. The van der Waals surface area contributed by atoms with Crippen LogP contribution >= 0.6 is 0 Å². The first-order valence-corrected chi connectivity index (χ1v) is 9.33. The Morgan fingerprint density at radius 1 is 1.24 bits per heavy atom. The quantitative estimate of drug-likeness (QED) is 0.835. The molecular formula is C19H27NO5. The summed E-state index contributed by atoms with van der Waals surface area (Å²) < 4.78 is 23.0. The van der Waals surface area contributed by atoms with Gasteiger partial charge in [-0.3, -0.25) is 4.79 Å². The lowest BCUT2D eigenvalue weighted by Gasteiger charge is -2.52. The van der Waals surface area contributed by atoms with Gasteiger partial charge in [-0.2, -0.15) is 0 Å². The Morgan fingerprint density at radius 3 is 2.76 bits per heavy atom. The zero-order valence-electron chi connectivity index (χ0n) is 14.9. The second kappa shape index (κ2) is 7.09. The van der Waals surface area contributed by atoms with Crippen molar-refractivity contribution in [2.24, 2.45) is 5.92 Å². The third kappa shape index (κ3) is 3.76. The van der Waals surface area contributed by atoms with Gasteiger partial charge in [0.2, 0.25) is 0 Å². The monoisotopic (exact) mass is 349 g/mol. The molecule has 3 aliphatic heterocycles. The van der Waals surface area contributed by atoms with Crippen molar-refractivity contribution < 1.29 is 23.4 Å². The van der Waals surface area contributed by atoms with Crippen LogP contribution in [-0.4, -0.2) is 62.0 Å². The summed E-state index contributed by atoms with van der Waals surface area (Å²) in [6.07, 6.45) is 4.24. The summed E-state index contributed by atoms with van der Waals surface area (Å²) in [4.78, 5) is 14.2. The van der Waals surface area contributed by atoms with Crippen LogP contribution in [0.25, 0.3) is 0 Å². The Hall–Kier alpha value is -1.37. The Labute approximate surface area is 148 Å². The number of carbonyl (C=O) groups excluding carboxylic acids is 1. The molecule has 25 heavy (non-hydrogen) atoms. The molecule has 138 valence electrons. The van der Waals surface area contributed by atoms with E-state index in [0.29, 0.717) is 31.4 Å². The molecule has 0 saturated carbocycles. The lowest BCUT2D eigenvalue weighted by molar-refractivity contribution is -0.189. The molecule has 4 heterocycles. The van der Waals surface area contributed by atoms with E-state index in [1.807, 2.05) is 13.0 Å². The lowest BCUT2D eigenvalue weighted by atomic mass is 9.84. The number of aryl methyl sites for hydroxylation is 1. The smallest absolute Gasteiger partial charge is 0.289 e. The SMILES string of the molecule is Cc1ccc(C(=O)N2CC3(C[C@@H](OCC4CCOCC4)CCO3)C2)o1. The van der Waals surface area contributed by atoms with Gasteiger partial charge in [-0.05, 0) is 44.2 Å². The molecule has 0 aromatic carbocycles. The minimum absolute atomic E-state index is 0.0485. The van der Waals surface area contributed by atoms with Crippen LogP contribution in [0.1, 0.15) is 42.0 Å². The van der Waals surface area contributed by atoms with Crippen LogP contribution in [0.2, 0.25) is 0 Å². The van der Waals surface area contributed by atoms with E-state index < -0.39 is 0 Å². The number of rotatable bonds is 4. The molecule has 6 heteroatoms. The third-order valence-corrected chi connectivity index (χ3v) is 5.55. The molecule has 0 unspecified atom stereocenters. The molecule has 0 bridgehead atoms. The largest absolute Gasteiger partial charge is 0.456 e. The highest BCUT2D eigenvalue weighted by Crippen LogP contribution is 2.36. The van der Waals surface area contributed by atoms with Gasteiger partial charge in [0.05, 0.1) is 19.2 Å². The highest BCUT2D eigenvalue weighted by atomic mass is 16.5. The zero-order chi connectivity index (χ0) is 17.3. The lowest BCUT2D eigenvalue weighted by Crippen LogP contribution is -2.67. The van der Waals surface area contributed by atoms with Gasteiger partial charge in [0, 0.05) is 32.8 Å². The van der Waals surface area contributed by atoms with Crippen molar-refractivity contribution in [2.45, 2.75) is 44.3 Å². The number of carbonyl (C=O) groups is 1. The third-order valence-electron chi connectivity index (χ3n) is 5.55.